The quantitative estimate of drug-likeness (QED) is 0.658. The lowest BCUT2D eigenvalue weighted by Gasteiger charge is -2.09. The van der Waals surface area contributed by atoms with Gasteiger partial charge in [0, 0.05) is 11.6 Å². The maximum absolute atomic E-state index is 10.6. The van der Waals surface area contributed by atoms with E-state index in [1.165, 1.54) is 50.7 Å². The molecule has 0 bridgehead atoms. The van der Waals surface area contributed by atoms with E-state index in [0.717, 1.165) is 12.3 Å². The Bertz CT molecular complexity index is 288. The molecule has 90 valence electrons. The second-order valence-corrected chi connectivity index (χ2v) is 4.99. The van der Waals surface area contributed by atoms with Crippen molar-refractivity contribution in [1.29, 1.82) is 0 Å². The van der Waals surface area contributed by atoms with Gasteiger partial charge in [0.2, 0.25) is 0 Å². The van der Waals surface area contributed by atoms with Gasteiger partial charge in [0.05, 0.1) is 0 Å². The highest BCUT2D eigenvalue weighted by molar-refractivity contribution is 5.90. The molecule has 4 nitrogen and oxygen atoms in total. The summed E-state index contributed by atoms with van der Waals surface area (Å²) in [5.74, 6) is 1.46. The Morgan fingerprint density at radius 1 is 1.25 bits per heavy atom. The number of rotatable bonds is 1. The van der Waals surface area contributed by atoms with Crippen LogP contribution in [0.4, 0.5) is 4.79 Å². The van der Waals surface area contributed by atoms with Crippen molar-refractivity contribution in [2.45, 2.75) is 51.4 Å². The minimum Gasteiger partial charge on any atom is -0.350 e. The zero-order chi connectivity index (χ0) is 11.4. The number of hydrogen-bond acceptors (Lipinski definition) is 2. The van der Waals surface area contributed by atoms with Crippen molar-refractivity contribution in [1.82, 2.24) is 5.43 Å². The van der Waals surface area contributed by atoms with Gasteiger partial charge in [0.1, 0.15) is 0 Å². The van der Waals surface area contributed by atoms with Gasteiger partial charge in [-0.05, 0) is 31.6 Å². The van der Waals surface area contributed by atoms with E-state index in [1.807, 2.05) is 0 Å². The number of amides is 2. The summed E-state index contributed by atoms with van der Waals surface area (Å²) in [4.78, 5) is 10.6. The van der Waals surface area contributed by atoms with Crippen LogP contribution in [0.1, 0.15) is 51.4 Å². The Labute approximate surface area is 96.7 Å². The third-order valence-electron chi connectivity index (χ3n) is 3.67. The molecule has 2 rings (SSSR count). The van der Waals surface area contributed by atoms with Crippen molar-refractivity contribution in [2.75, 3.05) is 0 Å². The van der Waals surface area contributed by atoms with E-state index in [9.17, 15) is 4.79 Å². The predicted octanol–water partition coefficient (Wildman–Crippen LogP) is 2.39. The van der Waals surface area contributed by atoms with Crippen LogP contribution in [0.25, 0.3) is 0 Å². The molecule has 16 heavy (non-hydrogen) atoms. The van der Waals surface area contributed by atoms with Crippen LogP contribution in [0, 0.1) is 11.8 Å². The fourth-order valence-electron chi connectivity index (χ4n) is 2.67. The highest BCUT2D eigenvalue weighted by atomic mass is 16.2. The Morgan fingerprint density at radius 2 is 2.00 bits per heavy atom. The molecule has 2 atom stereocenters. The van der Waals surface area contributed by atoms with E-state index in [-0.39, 0.29) is 0 Å². The number of nitrogens with zero attached hydrogens (tertiary/aromatic N) is 1. The third-order valence-corrected chi connectivity index (χ3v) is 3.67. The first-order valence-corrected chi connectivity index (χ1v) is 6.39. The topological polar surface area (TPSA) is 67.5 Å². The maximum Gasteiger partial charge on any atom is 0.332 e. The standard InChI is InChI=1S/C12H21N3O/c13-12(16)15-14-11-7-5-3-1-2-4-6-9-8-10(9)11/h9-10H,1-8H2,(H3,13,15,16)/t9-,10-/m1/s1. The molecule has 0 unspecified atom stereocenters. The summed E-state index contributed by atoms with van der Waals surface area (Å²) in [6.07, 6.45) is 10.2. The van der Waals surface area contributed by atoms with Crippen LogP contribution in [-0.4, -0.2) is 11.7 Å². The summed E-state index contributed by atoms with van der Waals surface area (Å²) in [6, 6.07) is -0.554. The van der Waals surface area contributed by atoms with Crippen molar-refractivity contribution >= 4 is 11.7 Å². The largest absolute Gasteiger partial charge is 0.350 e. The van der Waals surface area contributed by atoms with Gasteiger partial charge >= 0.3 is 6.03 Å². The van der Waals surface area contributed by atoms with Gasteiger partial charge in [-0.1, -0.05) is 25.7 Å². The molecular weight excluding hydrogens is 202 g/mol. The number of carbonyl (C=O) groups is 1. The van der Waals surface area contributed by atoms with Gasteiger partial charge in [0.15, 0.2) is 0 Å². The molecule has 2 aliphatic carbocycles. The number of urea groups is 1. The zero-order valence-corrected chi connectivity index (χ0v) is 9.74. The second-order valence-electron chi connectivity index (χ2n) is 4.99. The predicted molar refractivity (Wildman–Crippen MR) is 64.1 cm³/mol. The van der Waals surface area contributed by atoms with Crippen molar-refractivity contribution in [2.24, 2.45) is 22.7 Å². The molecular formula is C12H21N3O. The molecule has 0 aromatic rings. The van der Waals surface area contributed by atoms with Crippen LogP contribution in [0.3, 0.4) is 0 Å². The van der Waals surface area contributed by atoms with Gasteiger partial charge < -0.3 is 5.73 Å². The lowest BCUT2D eigenvalue weighted by atomic mass is 10.00. The van der Waals surface area contributed by atoms with E-state index in [1.54, 1.807) is 0 Å². The van der Waals surface area contributed by atoms with Crippen molar-refractivity contribution in [3.05, 3.63) is 0 Å². The average molecular weight is 223 g/mol. The number of nitrogens with one attached hydrogen (secondary N) is 1. The molecule has 2 amide bonds. The van der Waals surface area contributed by atoms with E-state index < -0.39 is 6.03 Å². The molecule has 0 aromatic heterocycles. The SMILES string of the molecule is NC(=O)NN=C1CCCCCCC[C@@H]2C[C@@H]12. The number of hydrogen-bond donors (Lipinski definition) is 2. The fraction of sp³-hybridized carbons (Fsp3) is 0.833. The highest BCUT2D eigenvalue weighted by Gasteiger charge is 2.40. The summed E-state index contributed by atoms with van der Waals surface area (Å²) in [5.41, 5.74) is 8.59. The second kappa shape index (κ2) is 5.32. The molecule has 0 aliphatic heterocycles. The van der Waals surface area contributed by atoms with Gasteiger partial charge in [0.25, 0.3) is 0 Å². The van der Waals surface area contributed by atoms with Gasteiger partial charge in [-0.3, -0.25) is 0 Å². The third kappa shape index (κ3) is 3.22. The van der Waals surface area contributed by atoms with Crippen LogP contribution in [0.2, 0.25) is 0 Å². The number of fused-ring (bicyclic) bond motifs is 1. The molecule has 0 saturated heterocycles. The van der Waals surface area contributed by atoms with Crippen LogP contribution >= 0.6 is 0 Å². The van der Waals surface area contributed by atoms with Gasteiger partial charge in [-0.25, -0.2) is 10.2 Å². The minimum atomic E-state index is -0.554. The Morgan fingerprint density at radius 3 is 2.81 bits per heavy atom. The molecule has 0 heterocycles. The molecule has 0 aromatic carbocycles. The summed E-state index contributed by atoms with van der Waals surface area (Å²) in [7, 11) is 0. The minimum absolute atomic E-state index is 0.554. The lowest BCUT2D eigenvalue weighted by Crippen LogP contribution is -2.26. The van der Waals surface area contributed by atoms with Crippen molar-refractivity contribution in [3.63, 3.8) is 0 Å². The van der Waals surface area contributed by atoms with E-state index in [4.69, 9.17) is 5.73 Å². The molecule has 0 spiro atoms. The zero-order valence-electron chi connectivity index (χ0n) is 9.74. The first kappa shape index (κ1) is 11.4. The number of primary amides is 1. The molecule has 4 heteroatoms. The summed E-state index contributed by atoms with van der Waals surface area (Å²) in [5, 5.41) is 4.17. The normalized spacial score (nSPS) is 32.9. The smallest absolute Gasteiger partial charge is 0.332 e. The maximum atomic E-state index is 10.6. The molecule has 2 saturated carbocycles. The molecule has 3 N–H and O–H groups in total. The van der Waals surface area contributed by atoms with E-state index in [2.05, 4.69) is 10.5 Å². The first-order valence-electron chi connectivity index (χ1n) is 6.39. The average Bonchev–Trinajstić information content (AvgIpc) is 3.01. The van der Waals surface area contributed by atoms with Crippen molar-refractivity contribution in [3.8, 4) is 0 Å². The number of nitrogens with two attached hydrogens (primary N) is 1. The highest BCUT2D eigenvalue weighted by Crippen LogP contribution is 2.45. The van der Waals surface area contributed by atoms with Gasteiger partial charge in [-0.15, -0.1) is 0 Å². The number of hydrazone groups is 1. The van der Waals surface area contributed by atoms with Crippen molar-refractivity contribution < 1.29 is 4.79 Å². The summed E-state index contributed by atoms with van der Waals surface area (Å²) in [6.45, 7) is 0. The summed E-state index contributed by atoms with van der Waals surface area (Å²) >= 11 is 0. The van der Waals surface area contributed by atoms with Gasteiger partial charge in [-0.2, -0.15) is 5.10 Å². The van der Waals surface area contributed by atoms with E-state index in [0.29, 0.717) is 5.92 Å². The Balaban J connectivity index is 1.92. The Kier molecular flexibility index (Phi) is 3.80. The molecule has 2 fully saturated rings. The van der Waals surface area contributed by atoms with Crippen LogP contribution < -0.4 is 11.2 Å². The summed E-state index contributed by atoms with van der Waals surface area (Å²) < 4.78 is 0. The van der Waals surface area contributed by atoms with Crippen LogP contribution in [0.15, 0.2) is 5.10 Å². The molecule has 0 radical (unpaired) electrons. The Hall–Kier alpha value is -1.06. The lowest BCUT2D eigenvalue weighted by molar-refractivity contribution is 0.249. The van der Waals surface area contributed by atoms with E-state index >= 15 is 0 Å². The van der Waals surface area contributed by atoms with Crippen LogP contribution in [-0.2, 0) is 0 Å². The first-order chi connectivity index (χ1) is 7.77. The molecule has 2 aliphatic rings. The number of carbonyl (C=O) groups excluding carboxylic acids is 1. The fourth-order valence-corrected chi connectivity index (χ4v) is 2.67. The monoisotopic (exact) mass is 223 g/mol. The van der Waals surface area contributed by atoms with Crippen LogP contribution in [0.5, 0.6) is 0 Å².